The second-order valence-electron chi connectivity index (χ2n) is 7.00. The first kappa shape index (κ1) is 23.1. The first-order chi connectivity index (χ1) is 16.4. The predicted molar refractivity (Wildman–Crippen MR) is 129 cm³/mol. The highest BCUT2D eigenvalue weighted by Crippen LogP contribution is 2.22. The van der Waals surface area contributed by atoms with Gasteiger partial charge in [0.2, 0.25) is 0 Å². The van der Waals surface area contributed by atoms with Gasteiger partial charge in [-0.1, -0.05) is 6.07 Å². The quantitative estimate of drug-likeness (QED) is 0.339. The fraction of sp³-hybridized carbons (Fsp3) is 0.0435. The maximum Gasteiger partial charge on any atom is 0.281 e. The van der Waals surface area contributed by atoms with Crippen molar-refractivity contribution in [2.24, 2.45) is 0 Å². The molecule has 4 aromatic rings. The Morgan fingerprint density at radius 1 is 0.912 bits per heavy atom. The number of hydrazine groups is 1. The Hall–Kier alpha value is -4.09. The van der Waals surface area contributed by atoms with Gasteiger partial charge in [0, 0.05) is 23.6 Å². The number of nitrogens with zero attached hydrogens (tertiary/aromatic N) is 1. The van der Waals surface area contributed by atoms with E-state index in [1.807, 2.05) is 24.5 Å². The number of anilines is 1. The molecule has 34 heavy (non-hydrogen) atoms. The largest absolute Gasteiger partial charge is 0.497 e. The molecule has 174 valence electrons. The van der Waals surface area contributed by atoms with E-state index < -0.39 is 21.8 Å². The normalized spacial score (nSPS) is 11.0. The fourth-order valence-electron chi connectivity index (χ4n) is 3.09. The van der Waals surface area contributed by atoms with Crippen LogP contribution in [0, 0.1) is 0 Å². The number of hydrogen-bond donors (Lipinski definition) is 3. The zero-order chi connectivity index (χ0) is 24.1. The van der Waals surface area contributed by atoms with E-state index in [-0.39, 0.29) is 10.5 Å². The molecule has 4 rings (SSSR count). The van der Waals surface area contributed by atoms with Gasteiger partial charge in [0.05, 0.1) is 17.7 Å². The van der Waals surface area contributed by atoms with E-state index in [4.69, 9.17) is 4.74 Å². The van der Waals surface area contributed by atoms with E-state index in [0.29, 0.717) is 22.0 Å². The van der Waals surface area contributed by atoms with Crippen LogP contribution in [0.3, 0.4) is 0 Å². The van der Waals surface area contributed by atoms with Crippen molar-refractivity contribution in [2.45, 2.75) is 4.90 Å². The van der Waals surface area contributed by atoms with Crippen molar-refractivity contribution in [1.29, 1.82) is 0 Å². The average molecular weight is 497 g/mol. The minimum atomic E-state index is -3.95. The standard InChI is InChI=1S/C23H20N4O5S2/c1-32-18-9-7-17(8-10-18)26-34(30,31)19-6-4-5-16(15-19)22(28)24-25-23(29)21-20(11-14-33-21)27-12-2-3-13-27/h2-15,26H,1H3,(H,24,28)(H,25,29). The number of methoxy groups -OCH3 is 1. The molecule has 0 saturated heterocycles. The summed E-state index contributed by atoms with van der Waals surface area (Å²) in [5.74, 6) is -0.558. The van der Waals surface area contributed by atoms with Crippen molar-refractivity contribution in [2.75, 3.05) is 11.8 Å². The van der Waals surface area contributed by atoms with Crippen LogP contribution < -0.4 is 20.3 Å². The third-order valence-electron chi connectivity index (χ3n) is 4.77. The molecule has 2 heterocycles. The summed E-state index contributed by atoms with van der Waals surface area (Å²) in [5.41, 5.74) is 5.80. The molecule has 0 fully saturated rings. The number of sulfonamides is 1. The van der Waals surface area contributed by atoms with Gasteiger partial charge in [-0.15, -0.1) is 11.3 Å². The van der Waals surface area contributed by atoms with Gasteiger partial charge in [0.25, 0.3) is 21.8 Å². The molecule has 0 bridgehead atoms. The molecule has 0 saturated carbocycles. The second-order valence-corrected chi connectivity index (χ2v) is 9.59. The Morgan fingerprint density at radius 3 is 2.32 bits per heavy atom. The van der Waals surface area contributed by atoms with Crippen molar-refractivity contribution in [3.8, 4) is 11.4 Å². The molecule has 0 spiro atoms. The van der Waals surface area contributed by atoms with E-state index in [1.54, 1.807) is 40.3 Å². The number of rotatable bonds is 7. The Kier molecular flexibility index (Phi) is 6.66. The maximum absolute atomic E-state index is 12.8. The number of aromatic nitrogens is 1. The van der Waals surface area contributed by atoms with Crippen molar-refractivity contribution < 1.29 is 22.7 Å². The van der Waals surface area contributed by atoms with E-state index in [1.165, 1.54) is 42.7 Å². The van der Waals surface area contributed by atoms with Gasteiger partial charge in [0.15, 0.2) is 0 Å². The Bertz CT molecular complexity index is 1410. The smallest absolute Gasteiger partial charge is 0.281 e. The van der Waals surface area contributed by atoms with E-state index >= 15 is 0 Å². The molecular weight excluding hydrogens is 476 g/mol. The van der Waals surface area contributed by atoms with Crippen LogP contribution >= 0.6 is 11.3 Å². The van der Waals surface area contributed by atoms with Gasteiger partial charge >= 0.3 is 0 Å². The summed E-state index contributed by atoms with van der Waals surface area (Å²) in [4.78, 5) is 25.5. The number of hydrogen-bond acceptors (Lipinski definition) is 6. The number of benzene rings is 2. The summed E-state index contributed by atoms with van der Waals surface area (Å²) in [6, 6.07) is 17.3. The molecule has 3 N–H and O–H groups in total. The highest BCUT2D eigenvalue weighted by atomic mass is 32.2. The van der Waals surface area contributed by atoms with Crippen LogP contribution in [0.5, 0.6) is 5.75 Å². The van der Waals surface area contributed by atoms with Crippen LogP contribution in [0.2, 0.25) is 0 Å². The molecule has 2 aromatic carbocycles. The maximum atomic E-state index is 12.8. The van der Waals surface area contributed by atoms with Crippen molar-refractivity contribution >= 4 is 38.9 Å². The Morgan fingerprint density at radius 2 is 1.62 bits per heavy atom. The van der Waals surface area contributed by atoms with E-state index in [0.717, 1.165) is 0 Å². The van der Waals surface area contributed by atoms with Gasteiger partial charge in [-0.3, -0.25) is 25.2 Å². The number of carbonyl (C=O) groups excluding carboxylic acids is 2. The highest BCUT2D eigenvalue weighted by molar-refractivity contribution is 7.92. The summed E-state index contributed by atoms with van der Waals surface area (Å²) in [7, 11) is -2.43. The summed E-state index contributed by atoms with van der Waals surface area (Å²) in [6.07, 6.45) is 3.62. The summed E-state index contributed by atoms with van der Waals surface area (Å²) in [5, 5.41) is 1.77. The van der Waals surface area contributed by atoms with Gasteiger partial charge in [0.1, 0.15) is 10.6 Å². The van der Waals surface area contributed by atoms with Crippen molar-refractivity contribution in [3.63, 3.8) is 0 Å². The molecule has 0 aliphatic carbocycles. The van der Waals surface area contributed by atoms with Gasteiger partial charge in [-0.05, 0) is 66.0 Å². The summed E-state index contributed by atoms with van der Waals surface area (Å²) >= 11 is 1.23. The van der Waals surface area contributed by atoms with Crippen LogP contribution in [0.25, 0.3) is 5.69 Å². The first-order valence-corrected chi connectivity index (χ1v) is 12.3. The molecule has 0 aliphatic rings. The van der Waals surface area contributed by atoms with Crippen LogP contribution in [0.15, 0.2) is 89.4 Å². The number of ether oxygens (including phenoxy) is 1. The number of nitrogens with one attached hydrogen (secondary N) is 3. The Balaban J connectivity index is 1.43. The van der Waals surface area contributed by atoms with Crippen molar-refractivity contribution in [3.05, 3.63) is 94.9 Å². The lowest BCUT2D eigenvalue weighted by molar-refractivity contribution is 0.0848. The fourth-order valence-corrected chi connectivity index (χ4v) is 4.98. The summed E-state index contributed by atoms with van der Waals surface area (Å²) in [6.45, 7) is 0. The molecule has 9 nitrogen and oxygen atoms in total. The molecule has 0 radical (unpaired) electrons. The predicted octanol–water partition coefficient (Wildman–Crippen LogP) is 3.42. The zero-order valence-electron chi connectivity index (χ0n) is 17.9. The molecule has 11 heteroatoms. The average Bonchev–Trinajstić information content (AvgIpc) is 3.55. The number of amides is 2. The molecule has 2 aromatic heterocycles. The first-order valence-electron chi connectivity index (χ1n) is 9.96. The molecule has 0 atom stereocenters. The molecule has 2 amide bonds. The Labute approximate surface area is 200 Å². The lowest BCUT2D eigenvalue weighted by atomic mass is 10.2. The third kappa shape index (κ3) is 5.11. The number of carbonyl (C=O) groups is 2. The van der Waals surface area contributed by atoms with E-state index in [9.17, 15) is 18.0 Å². The second kappa shape index (κ2) is 9.81. The van der Waals surface area contributed by atoms with Gasteiger partial charge in [-0.2, -0.15) is 0 Å². The van der Waals surface area contributed by atoms with E-state index in [2.05, 4.69) is 15.6 Å². The van der Waals surface area contributed by atoms with Crippen LogP contribution in [-0.2, 0) is 10.0 Å². The van der Waals surface area contributed by atoms with Crippen LogP contribution in [0.4, 0.5) is 5.69 Å². The van der Waals surface area contributed by atoms with Gasteiger partial charge in [-0.25, -0.2) is 8.42 Å². The van der Waals surface area contributed by atoms with Crippen LogP contribution in [0.1, 0.15) is 20.0 Å². The topological polar surface area (TPSA) is 119 Å². The monoisotopic (exact) mass is 496 g/mol. The van der Waals surface area contributed by atoms with Crippen LogP contribution in [-0.4, -0.2) is 31.9 Å². The number of thiophene rings is 1. The minimum absolute atomic E-state index is 0.0646. The SMILES string of the molecule is COc1ccc(NS(=O)(=O)c2cccc(C(=O)NNC(=O)c3sccc3-n3cccc3)c2)cc1. The van der Waals surface area contributed by atoms with Gasteiger partial charge < -0.3 is 9.30 Å². The summed E-state index contributed by atoms with van der Waals surface area (Å²) < 4.78 is 34.8. The molecule has 0 unspecified atom stereocenters. The lowest BCUT2D eigenvalue weighted by Crippen LogP contribution is -2.41. The minimum Gasteiger partial charge on any atom is -0.497 e. The zero-order valence-corrected chi connectivity index (χ0v) is 19.5. The lowest BCUT2D eigenvalue weighted by Gasteiger charge is -2.11. The highest BCUT2D eigenvalue weighted by Gasteiger charge is 2.18. The van der Waals surface area contributed by atoms with Crippen molar-refractivity contribution in [1.82, 2.24) is 15.4 Å². The molecular formula is C23H20N4O5S2. The molecule has 0 aliphatic heterocycles. The third-order valence-corrected chi connectivity index (χ3v) is 7.05.